The number of hydrogen-bond donors (Lipinski definition) is 3. The topological polar surface area (TPSA) is 77.7 Å². The average molecular weight is 312 g/mol. The Labute approximate surface area is 133 Å². The first-order chi connectivity index (χ1) is 10.9. The summed E-state index contributed by atoms with van der Waals surface area (Å²) >= 11 is 0. The molecule has 0 spiro atoms. The number of nitrogens with one attached hydrogen (secondary N) is 1. The van der Waals surface area contributed by atoms with Gasteiger partial charge in [0, 0.05) is 24.9 Å². The van der Waals surface area contributed by atoms with Crippen LogP contribution in [-0.2, 0) is 5.60 Å². The molecule has 3 aromatic rings. The van der Waals surface area contributed by atoms with Crippen LogP contribution in [-0.4, -0.2) is 26.2 Å². The van der Waals surface area contributed by atoms with E-state index in [9.17, 15) is 9.90 Å². The van der Waals surface area contributed by atoms with Crippen LogP contribution in [0.25, 0.3) is 16.8 Å². The van der Waals surface area contributed by atoms with Crippen LogP contribution in [0.15, 0.2) is 47.4 Å². The lowest BCUT2D eigenvalue weighted by Gasteiger charge is -2.23. The predicted octanol–water partition coefficient (Wildman–Crippen LogP) is 2.19. The van der Waals surface area contributed by atoms with Crippen LogP contribution >= 0.6 is 0 Å². The van der Waals surface area contributed by atoms with Crippen molar-refractivity contribution in [2.45, 2.75) is 25.9 Å². The number of nitrogens with zero attached hydrogens (tertiary/aromatic N) is 1. The molecule has 1 aromatic carbocycles. The molecule has 0 aliphatic rings. The SMILES string of the molecule is Cc1ccc2c(=O)[nH]c(-c3ccc([C@](C)(O)CCO)cc3)cn12. The Morgan fingerprint density at radius 2 is 1.87 bits per heavy atom. The third-order valence-corrected chi connectivity index (χ3v) is 4.28. The zero-order valence-corrected chi connectivity index (χ0v) is 13.2. The van der Waals surface area contributed by atoms with Gasteiger partial charge in [-0.05, 0) is 37.1 Å². The van der Waals surface area contributed by atoms with Crippen molar-refractivity contribution < 1.29 is 10.2 Å². The smallest absolute Gasteiger partial charge is 0.272 e. The zero-order chi connectivity index (χ0) is 16.6. The van der Waals surface area contributed by atoms with Gasteiger partial charge in [0.25, 0.3) is 5.56 Å². The van der Waals surface area contributed by atoms with E-state index >= 15 is 0 Å². The summed E-state index contributed by atoms with van der Waals surface area (Å²) < 4.78 is 1.87. The fraction of sp³-hybridized carbons (Fsp3) is 0.278. The first kappa shape index (κ1) is 15.5. The highest BCUT2D eigenvalue weighted by molar-refractivity contribution is 5.61. The van der Waals surface area contributed by atoms with Crippen LogP contribution in [0.1, 0.15) is 24.6 Å². The molecule has 120 valence electrons. The van der Waals surface area contributed by atoms with E-state index in [1.807, 2.05) is 47.9 Å². The van der Waals surface area contributed by atoms with E-state index in [1.54, 1.807) is 13.0 Å². The van der Waals surface area contributed by atoms with Crippen molar-refractivity contribution in [2.75, 3.05) is 6.61 Å². The third-order valence-electron chi connectivity index (χ3n) is 4.28. The zero-order valence-electron chi connectivity index (χ0n) is 13.2. The van der Waals surface area contributed by atoms with Crippen LogP contribution in [0.5, 0.6) is 0 Å². The van der Waals surface area contributed by atoms with Crippen LogP contribution in [0, 0.1) is 6.92 Å². The number of aromatic amines is 1. The molecule has 0 aliphatic carbocycles. The molecule has 5 heteroatoms. The lowest BCUT2D eigenvalue weighted by atomic mass is 9.92. The molecule has 0 amide bonds. The number of aryl methyl sites for hydroxylation is 1. The Morgan fingerprint density at radius 1 is 1.17 bits per heavy atom. The Morgan fingerprint density at radius 3 is 2.52 bits per heavy atom. The molecule has 0 bridgehead atoms. The molecule has 2 aromatic heterocycles. The molecule has 23 heavy (non-hydrogen) atoms. The predicted molar refractivity (Wildman–Crippen MR) is 89.5 cm³/mol. The molecule has 0 aliphatic heterocycles. The van der Waals surface area contributed by atoms with Gasteiger partial charge in [0.1, 0.15) is 5.52 Å². The Hall–Kier alpha value is -2.37. The van der Waals surface area contributed by atoms with Crippen molar-refractivity contribution in [1.82, 2.24) is 9.38 Å². The average Bonchev–Trinajstić information content (AvgIpc) is 2.89. The van der Waals surface area contributed by atoms with E-state index in [0.717, 1.165) is 22.5 Å². The molecular weight excluding hydrogens is 292 g/mol. The Bertz CT molecular complexity index is 889. The summed E-state index contributed by atoms with van der Waals surface area (Å²) in [5.74, 6) is 0. The van der Waals surface area contributed by atoms with E-state index in [2.05, 4.69) is 4.98 Å². The molecule has 2 heterocycles. The van der Waals surface area contributed by atoms with Crippen molar-refractivity contribution in [3.63, 3.8) is 0 Å². The second-order valence-corrected chi connectivity index (χ2v) is 6.05. The second kappa shape index (κ2) is 5.68. The largest absolute Gasteiger partial charge is 0.396 e. The van der Waals surface area contributed by atoms with Gasteiger partial charge < -0.3 is 19.6 Å². The van der Waals surface area contributed by atoms with E-state index in [1.165, 1.54) is 0 Å². The fourth-order valence-corrected chi connectivity index (χ4v) is 2.77. The van der Waals surface area contributed by atoms with Crippen LogP contribution in [0.3, 0.4) is 0 Å². The van der Waals surface area contributed by atoms with Crippen molar-refractivity contribution in [2.24, 2.45) is 0 Å². The highest BCUT2D eigenvalue weighted by Gasteiger charge is 2.22. The van der Waals surface area contributed by atoms with E-state index in [4.69, 9.17) is 5.11 Å². The van der Waals surface area contributed by atoms with Gasteiger partial charge in [0.2, 0.25) is 0 Å². The first-order valence-electron chi connectivity index (χ1n) is 7.57. The molecule has 0 unspecified atom stereocenters. The number of aliphatic hydroxyl groups excluding tert-OH is 1. The van der Waals surface area contributed by atoms with Crippen molar-refractivity contribution in [1.29, 1.82) is 0 Å². The number of hydrogen-bond acceptors (Lipinski definition) is 3. The summed E-state index contributed by atoms with van der Waals surface area (Å²) in [4.78, 5) is 15.0. The highest BCUT2D eigenvalue weighted by Crippen LogP contribution is 2.26. The lowest BCUT2D eigenvalue weighted by Crippen LogP contribution is -2.22. The van der Waals surface area contributed by atoms with Gasteiger partial charge >= 0.3 is 0 Å². The van der Waals surface area contributed by atoms with Crippen molar-refractivity contribution >= 4 is 5.52 Å². The summed E-state index contributed by atoms with van der Waals surface area (Å²) in [6, 6.07) is 11.1. The molecule has 0 fully saturated rings. The van der Waals surface area contributed by atoms with Gasteiger partial charge in [0.15, 0.2) is 0 Å². The lowest BCUT2D eigenvalue weighted by molar-refractivity contribution is 0.0299. The molecule has 3 rings (SSSR count). The number of fused-ring (bicyclic) bond motifs is 1. The van der Waals surface area contributed by atoms with Gasteiger partial charge in [-0.15, -0.1) is 0 Å². The maximum Gasteiger partial charge on any atom is 0.272 e. The molecule has 0 saturated carbocycles. The quantitative estimate of drug-likeness (QED) is 0.691. The van der Waals surface area contributed by atoms with Crippen molar-refractivity contribution in [3.8, 4) is 11.3 Å². The second-order valence-electron chi connectivity index (χ2n) is 6.05. The standard InChI is InChI=1S/C18H20N2O3/c1-12-3-8-16-17(22)19-15(11-20(12)16)13-4-6-14(7-5-13)18(2,23)9-10-21/h3-8,11,21,23H,9-10H2,1-2H3,(H,19,22)/t18-/m1/s1. The Balaban J connectivity index is 2.03. The van der Waals surface area contributed by atoms with E-state index in [0.29, 0.717) is 5.52 Å². The number of benzene rings is 1. The maximum atomic E-state index is 12.2. The third kappa shape index (κ3) is 2.81. The van der Waals surface area contributed by atoms with Crippen LogP contribution < -0.4 is 5.56 Å². The monoisotopic (exact) mass is 312 g/mol. The molecular formula is C18H20N2O3. The number of rotatable bonds is 4. The van der Waals surface area contributed by atoms with Gasteiger partial charge in [-0.3, -0.25) is 4.79 Å². The maximum absolute atomic E-state index is 12.2. The van der Waals surface area contributed by atoms with Crippen LogP contribution in [0.2, 0.25) is 0 Å². The summed E-state index contributed by atoms with van der Waals surface area (Å²) in [5, 5.41) is 19.3. The van der Waals surface area contributed by atoms with Crippen LogP contribution in [0.4, 0.5) is 0 Å². The highest BCUT2D eigenvalue weighted by atomic mass is 16.3. The number of aromatic nitrogens is 2. The summed E-state index contributed by atoms with van der Waals surface area (Å²) in [6.07, 6.45) is 2.17. The molecule has 5 nitrogen and oxygen atoms in total. The molecule has 0 saturated heterocycles. The van der Waals surface area contributed by atoms with Gasteiger partial charge in [-0.25, -0.2) is 0 Å². The molecule has 3 N–H and O–H groups in total. The molecule has 0 radical (unpaired) electrons. The summed E-state index contributed by atoms with van der Waals surface area (Å²) in [5.41, 5.74) is 2.73. The van der Waals surface area contributed by atoms with Crippen molar-refractivity contribution in [3.05, 3.63) is 64.2 Å². The normalized spacial score (nSPS) is 14.1. The fourth-order valence-electron chi connectivity index (χ4n) is 2.77. The van der Waals surface area contributed by atoms with Gasteiger partial charge in [-0.1, -0.05) is 24.3 Å². The van der Waals surface area contributed by atoms with E-state index < -0.39 is 5.60 Å². The van der Waals surface area contributed by atoms with Gasteiger partial charge in [0.05, 0.1) is 11.3 Å². The number of aliphatic hydroxyl groups is 2. The first-order valence-corrected chi connectivity index (χ1v) is 7.57. The summed E-state index contributed by atoms with van der Waals surface area (Å²) in [6.45, 7) is 3.55. The minimum atomic E-state index is -1.07. The number of H-pyrrole nitrogens is 1. The van der Waals surface area contributed by atoms with Gasteiger partial charge in [-0.2, -0.15) is 0 Å². The minimum absolute atomic E-state index is 0.0777. The Kier molecular flexibility index (Phi) is 3.83. The minimum Gasteiger partial charge on any atom is -0.396 e. The summed E-state index contributed by atoms with van der Waals surface area (Å²) in [7, 11) is 0. The van der Waals surface area contributed by atoms with E-state index in [-0.39, 0.29) is 18.6 Å². The molecule has 1 atom stereocenters.